The Morgan fingerprint density at radius 2 is 1.90 bits per heavy atom. The van der Waals surface area contributed by atoms with Crippen molar-refractivity contribution in [2.75, 3.05) is 24.3 Å². The molecule has 2 N–H and O–H groups in total. The molecule has 1 atom stereocenters. The van der Waals surface area contributed by atoms with Crippen LogP contribution in [0.1, 0.15) is 18.4 Å². The van der Waals surface area contributed by atoms with Gasteiger partial charge >= 0.3 is 0 Å². The van der Waals surface area contributed by atoms with Gasteiger partial charge in [0.1, 0.15) is 11.3 Å². The lowest BCUT2D eigenvalue weighted by Crippen LogP contribution is -2.58. The average Bonchev–Trinajstić information content (AvgIpc) is 3.18. The van der Waals surface area contributed by atoms with E-state index in [4.69, 9.17) is 4.74 Å². The van der Waals surface area contributed by atoms with Crippen molar-refractivity contribution in [2.24, 2.45) is 0 Å². The third-order valence-electron chi connectivity index (χ3n) is 5.66. The minimum absolute atomic E-state index is 0.164. The Kier molecular flexibility index (Phi) is 5.27. The summed E-state index contributed by atoms with van der Waals surface area (Å²) >= 11 is 0. The molecule has 2 aromatic rings. The Bertz CT molecular complexity index is 1020. The number of hydrogen-bond donors (Lipinski definition) is 2. The number of nitrogens with one attached hydrogen (secondary N) is 2. The molecule has 30 heavy (non-hydrogen) atoms. The molecule has 1 unspecified atom stereocenters. The van der Waals surface area contributed by atoms with E-state index in [1.165, 1.54) is 12.2 Å². The van der Waals surface area contributed by atoms with Crippen LogP contribution < -0.4 is 15.4 Å². The number of methoxy groups -OCH3 is 1. The Hall–Kier alpha value is -3.61. The van der Waals surface area contributed by atoms with Crippen LogP contribution in [-0.2, 0) is 20.8 Å². The van der Waals surface area contributed by atoms with E-state index in [1.54, 1.807) is 36.3 Å². The molecular formula is C23H23N3O4. The first kappa shape index (κ1) is 19.7. The van der Waals surface area contributed by atoms with E-state index in [2.05, 4.69) is 10.6 Å². The van der Waals surface area contributed by atoms with Gasteiger partial charge in [-0.25, -0.2) is 0 Å². The number of amides is 3. The molecule has 0 aromatic heterocycles. The number of carbonyl (C=O) groups is 3. The number of carbonyl (C=O) groups excluding carboxylic acids is 3. The number of hydrogen-bond acceptors (Lipinski definition) is 4. The van der Waals surface area contributed by atoms with Crippen molar-refractivity contribution < 1.29 is 19.1 Å². The van der Waals surface area contributed by atoms with E-state index in [9.17, 15) is 14.4 Å². The SMILES string of the molecule is COc1ccc(NC(=O)C=CC(=O)N2CCCC23Cc2ccccc2NC3=O)cc1. The van der Waals surface area contributed by atoms with Crippen molar-refractivity contribution in [1.29, 1.82) is 0 Å². The average molecular weight is 405 g/mol. The highest BCUT2D eigenvalue weighted by Crippen LogP contribution is 2.39. The zero-order valence-electron chi connectivity index (χ0n) is 16.7. The second-order valence-corrected chi connectivity index (χ2v) is 7.46. The number of benzene rings is 2. The molecule has 1 saturated heterocycles. The van der Waals surface area contributed by atoms with Crippen LogP contribution in [0.4, 0.5) is 11.4 Å². The number of anilines is 2. The highest BCUT2D eigenvalue weighted by Gasteiger charge is 2.51. The third-order valence-corrected chi connectivity index (χ3v) is 5.66. The van der Waals surface area contributed by atoms with Gasteiger partial charge in [-0.05, 0) is 48.7 Å². The minimum Gasteiger partial charge on any atom is -0.497 e. The molecule has 2 aliphatic rings. The third kappa shape index (κ3) is 3.66. The monoisotopic (exact) mass is 405 g/mol. The fourth-order valence-corrected chi connectivity index (χ4v) is 4.15. The second kappa shape index (κ2) is 8.02. The number of fused-ring (bicyclic) bond motifs is 1. The molecular weight excluding hydrogens is 382 g/mol. The molecule has 0 saturated carbocycles. The van der Waals surface area contributed by atoms with Crippen molar-refractivity contribution in [1.82, 2.24) is 4.90 Å². The molecule has 0 aliphatic carbocycles. The first-order chi connectivity index (χ1) is 14.5. The van der Waals surface area contributed by atoms with Crippen molar-refractivity contribution in [2.45, 2.75) is 24.8 Å². The number of para-hydroxylation sites is 1. The summed E-state index contributed by atoms with van der Waals surface area (Å²) in [6, 6.07) is 14.5. The molecule has 2 heterocycles. The van der Waals surface area contributed by atoms with E-state index >= 15 is 0 Å². The van der Waals surface area contributed by atoms with Gasteiger partial charge in [-0.1, -0.05) is 18.2 Å². The molecule has 1 fully saturated rings. The molecule has 3 amide bonds. The van der Waals surface area contributed by atoms with Gasteiger partial charge in [0, 0.05) is 36.5 Å². The minimum atomic E-state index is -0.901. The van der Waals surface area contributed by atoms with Gasteiger partial charge in [0.25, 0.3) is 5.91 Å². The van der Waals surface area contributed by atoms with E-state index in [0.717, 1.165) is 17.7 Å². The van der Waals surface area contributed by atoms with Crippen LogP contribution in [-0.4, -0.2) is 41.8 Å². The van der Waals surface area contributed by atoms with Crippen LogP contribution in [0.5, 0.6) is 5.75 Å². The van der Waals surface area contributed by atoms with Crippen LogP contribution >= 0.6 is 0 Å². The molecule has 0 radical (unpaired) electrons. The molecule has 1 spiro atoms. The van der Waals surface area contributed by atoms with Crippen molar-refractivity contribution in [3.05, 3.63) is 66.2 Å². The summed E-state index contributed by atoms with van der Waals surface area (Å²) in [5.41, 5.74) is 1.50. The highest BCUT2D eigenvalue weighted by atomic mass is 16.5. The summed E-state index contributed by atoms with van der Waals surface area (Å²) in [6.07, 6.45) is 4.26. The Morgan fingerprint density at radius 1 is 1.13 bits per heavy atom. The van der Waals surface area contributed by atoms with Gasteiger partial charge in [0.2, 0.25) is 11.8 Å². The molecule has 2 aromatic carbocycles. The molecule has 154 valence electrons. The predicted octanol–water partition coefficient (Wildman–Crippen LogP) is 2.75. The summed E-state index contributed by atoms with van der Waals surface area (Å²) in [5.74, 6) is -0.236. The topological polar surface area (TPSA) is 87.7 Å². The number of ether oxygens (including phenoxy) is 1. The first-order valence-corrected chi connectivity index (χ1v) is 9.86. The summed E-state index contributed by atoms with van der Waals surface area (Å²) in [4.78, 5) is 39.6. The van der Waals surface area contributed by atoms with Crippen LogP contribution in [0.3, 0.4) is 0 Å². The lowest BCUT2D eigenvalue weighted by molar-refractivity contribution is -0.139. The summed E-state index contributed by atoms with van der Waals surface area (Å²) < 4.78 is 5.09. The van der Waals surface area contributed by atoms with Crippen molar-refractivity contribution in [3.63, 3.8) is 0 Å². The number of nitrogens with zero attached hydrogens (tertiary/aromatic N) is 1. The number of rotatable bonds is 4. The normalized spacial score (nSPS) is 20.2. The molecule has 7 nitrogen and oxygen atoms in total. The molecule has 4 rings (SSSR count). The first-order valence-electron chi connectivity index (χ1n) is 9.86. The highest BCUT2D eigenvalue weighted by molar-refractivity contribution is 6.07. The van der Waals surface area contributed by atoms with Gasteiger partial charge in [0.05, 0.1) is 7.11 Å². The lowest BCUT2D eigenvalue weighted by atomic mass is 9.83. The maximum absolute atomic E-state index is 12.9. The Balaban J connectivity index is 1.46. The van der Waals surface area contributed by atoms with Crippen molar-refractivity contribution in [3.8, 4) is 5.75 Å². The van der Waals surface area contributed by atoms with Crippen LogP contribution in [0.25, 0.3) is 0 Å². The Morgan fingerprint density at radius 3 is 2.67 bits per heavy atom. The van der Waals surface area contributed by atoms with E-state index in [-0.39, 0.29) is 11.8 Å². The molecule has 2 aliphatic heterocycles. The van der Waals surface area contributed by atoms with Gasteiger partial charge < -0.3 is 20.3 Å². The second-order valence-electron chi connectivity index (χ2n) is 7.46. The van der Waals surface area contributed by atoms with Gasteiger partial charge in [-0.15, -0.1) is 0 Å². The molecule has 0 bridgehead atoms. The van der Waals surface area contributed by atoms with E-state index in [0.29, 0.717) is 30.8 Å². The van der Waals surface area contributed by atoms with Crippen LogP contribution in [0, 0.1) is 0 Å². The summed E-state index contributed by atoms with van der Waals surface area (Å²) in [6.45, 7) is 0.485. The maximum Gasteiger partial charge on any atom is 0.250 e. The van der Waals surface area contributed by atoms with Crippen LogP contribution in [0.2, 0.25) is 0 Å². The van der Waals surface area contributed by atoms with E-state index < -0.39 is 11.4 Å². The van der Waals surface area contributed by atoms with Gasteiger partial charge in [-0.2, -0.15) is 0 Å². The van der Waals surface area contributed by atoms with E-state index in [1.807, 2.05) is 24.3 Å². The maximum atomic E-state index is 12.9. The summed E-state index contributed by atoms with van der Waals surface area (Å²) in [7, 11) is 1.57. The summed E-state index contributed by atoms with van der Waals surface area (Å²) in [5, 5.41) is 5.64. The lowest BCUT2D eigenvalue weighted by Gasteiger charge is -2.40. The zero-order valence-corrected chi connectivity index (χ0v) is 16.7. The molecule has 7 heteroatoms. The largest absolute Gasteiger partial charge is 0.497 e. The fourth-order valence-electron chi connectivity index (χ4n) is 4.15. The Labute approximate surface area is 174 Å². The van der Waals surface area contributed by atoms with Gasteiger partial charge in [-0.3, -0.25) is 14.4 Å². The van der Waals surface area contributed by atoms with Crippen molar-refractivity contribution >= 4 is 29.1 Å². The number of likely N-dealkylation sites (tertiary alicyclic amines) is 1. The van der Waals surface area contributed by atoms with Crippen LogP contribution in [0.15, 0.2) is 60.7 Å². The predicted molar refractivity (Wildman–Crippen MR) is 113 cm³/mol. The smallest absolute Gasteiger partial charge is 0.250 e. The standard InChI is InChI=1S/C23H23N3O4/c1-30-18-9-7-17(8-10-18)24-20(27)11-12-21(28)26-14-4-13-23(26)15-16-5-2-3-6-19(16)25-22(23)29/h2-3,5-12H,4,13-15H2,1H3,(H,24,27)(H,25,29). The fraction of sp³-hybridized carbons (Fsp3) is 0.261. The quantitative estimate of drug-likeness (QED) is 0.766. The van der Waals surface area contributed by atoms with Gasteiger partial charge in [0.15, 0.2) is 0 Å². The zero-order chi connectivity index (χ0) is 21.1.